The molecule has 0 spiro atoms. The van der Waals surface area contributed by atoms with Crippen LogP contribution < -0.4 is 0 Å². The third-order valence-corrected chi connectivity index (χ3v) is 4.17. The lowest BCUT2D eigenvalue weighted by Gasteiger charge is -2.04. The first-order chi connectivity index (χ1) is 11.2. The summed E-state index contributed by atoms with van der Waals surface area (Å²) in [5.74, 6) is 0.129. The predicted molar refractivity (Wildman–Crippen MR) is 83.8 cm³/mol. The highest BCUT2D eigenvalue weighted by Crippen LogP contribution is 2.25. The maximum Gasteiger partial charge on any atom is 0.374 e. The molecule has 0 atom stereocenters. The molecular formula is C14H11ClN4O3S. The summed E-state index contributed by atoms with van der Waals surface area (Å²) in [6, 6.07) is 8.92. The Morgan fingerprint density at radius 1 is 1.43 bits per heavy atom. The maximum absolute atomic E-state index is 11.6. The Kier molecular flexibility index (Phi) is 4.63. The number of rotatable bonds is 5. The number of benzene rings is 1. The molecule has 3 rings (SSSR count). The van der Waals surface area contributed by atoms with E-state index in [0.29, 0.717) is 21.5 Å². The van der Waals surface area contributed by atoms with Gasteiger partial charge in [-0.15, -0.1) is 5.10 Å². The van der Waals surface area contributed by atoms with Crippen molar-refractivity contribution in [2.24, 2.45) is 0 Å². The van der Waals surface area contributed by atoms with Crippen LogP contribution in [0.25, 0.3) is 5.69 Å². The summed E-state index contributed by atoms with van der Waals surface area (Å²) >= 11 is 7.36. The summed E-state index contributed by atoms with van der Waals surface area (Å²) in [7, 11) is 1.31. The summed E-state index contributed by atoms with van der Waals surface area (Å²) in [5.41, 5.74) is 1.47. The van der Waals surface area contributed by atoms with E-state index in [1.54, 1.807) is 22.9 Å². The molecule has 0 aliphatic carbocycles. The van der Waals surface area contributed by atoms with Crippen LogP contribution in [0.15, 0.2) is 46.2 Å². The molecule has 0 amide bonds. The van der Waals surface area contributed by atoms with Crippen molar-refractivity contribution in [3.63, 3.8) is 0 Å². The van der Waals surface area contributed by atoms with Gasteiger partial charge in [0.25, 0.3) is 0 Å². The summed E-state index contributed by atoms with van der Waals surface area (Å²) < 4.78 is 11.4. The number of thioether (sulfide) groups is 1. The number of methoxy groups -OCH3 is 1. The molecule has 7 nitrogen and oxygen atoms in total. The lowest BCUT2D eigenvalue weighted by molar-refractivity contribution is 0.0564. The molecule has 0 aliphatic heterocycles. The molecule has 0 fully saturated rings. The van der Waals surface area contributed by atoms with Gasteiger partial charge in [0.1, 0.15) is 0 Å². The zero-order chi connectivity index (χ0) is 16.2. The molecule has 0 radical (unpaired) electrons. The van der Waals surface area contributed by atoms with Crippen LogP contribution in [0.4, 0.5) is 0 Å². The van der Waals surface area contributed by atoms with E-state index in [0.717, 1.165) is 5.69 Å². The zero-order valence-corrected chi connectivity index (χ0v) is 13.5. The molecule has 0 N–H and O–H groups in total. The highest BCUT2D eigenvalue weighted by atomic mass is 35.5. The standard InChI is InChI=1S/C14H11ClN4O3S/c1-21-13(20)12-9(5-6-22-12)8-23-14-16-17-18-19(14)11-4-2-3-10(15)7-11/h2-7H,8H2,1H3. The third-order valence-electron chi connectivity index (χ3n) is 2.97. The molecule has 23 heavy (non-hydrogen) atoms. The molecule has 2 aromatic heterocycles. The number of aromatic nitrogens is 4. The Labute approximate surface area is 140 Å². The minimum absolute atomic E-state index is 0.182. The van der Waals surface area contributed by atoms with Gasteiger partial charge in [-0.2, -0.15) is 4.68 Å². The second-order valence-electron chi connectivity index (χ2n) is 4.41. The van der Waals surface area contributed by atoms with E-state index in [2.05, 4.69) is 20.3 Å². The number of hydrogen-bond acceptors (Lipinski definition) is 7. The average Bonchev–Trinajstić information content (AvgIpc) is 3.21. The van der Waals surface area contributed by atoms with Crippen molar-refractivity contribution in [1.82, 2.24) is 20.2 Å². The minimum Gasteiger partial charge on any atom is -0.463 e. The molecule has 0 saturated carbocycles. The number of furan rings is 1. The van der Waals surface area contributed by atoms with Gasteiger partial charge in [0.05, 0.1) is 19.1 Å². The van der Waals surface area contributed by atoms with Crippen LogP contribution in [0.1, 0.15) is 16.1 Å². The molecule has 0 aliphatic rings. The number of carbonyl (C=O) groups excluding carboxylic acids is 1. The van der Waals surface area contributed by atoms with Gasteiger partial charge in [0, 0.05) is 16.3 Å². The number of carbonyl (C=O) groups is 1. The van der Waals surface area contributed by atoms with Crippen molar-refractivity contribution >= 4 is 29.3 Å². The molecular weight excluding hydrogens is 340 g/mol. The first kappa shape index (κ1) is 15.6. The largest absolute Gasteiger partial charge is 0.463 e. The van der Waals surface area contributed by atoms with Gasteiger partial charge in [-0.1, -0.05) is 29.4 Å². The van der Waals surface area contributed by atoms with Crippen LogP contribution in [0.5, 0.6) is 0 Å². The second kappa shape index (κ2) is 6.84. The molecule has 2 heterocycles. The third kappa shape index (κ3) is 3.38. The van der Waals surface area contributed by atoms with Gasteiger partial charge in [0.2, 0.25) is 10.9 Å². The number of ether oxygens (including phenoxy) is 1. The van der Waals surface area contributed by atoms with E-state index in [1.165, 1.54) is 25.1 Å². The zero-order valence-electron chi connectivity index (χ0n) is 12.0. The Bertz CT molecular complexity index is 833. The maximum atomic E-state index is 11.6. The Hall–Kier alpha value is -2.32. The highest BCUT2D eigenvalue weighted by Gasteiger charge is 2.17. The summed E-state index contributed by atoms with van der Waals surface area (Å²) in [4.78, 5) is 11.6. The first-order valence-electron chi connectivity index (χ1n) is 6.51. The van der Waals surface area contributed by atoms with Crippen LogP contribution in [0, 0.1) is 0 Å². The predicted octanol–water partition coefficient (Wildman–Crippen LogP) is 2.99. The lowest BCUT2D eigenvalue weighted by Crippen LogP contribution is -2.03. The minimum atomic E-state index is -0.514. The fraction of sp³-hybridized carbons (Fsp3) is 0.143. The number of tetrazole rings is 1. The van der Waals surface area contributed by atoms with Crippen LogP contribution in [0.2, 0.25) is 5.02 Å². The monoisotopic (exact) mass is 350 g/mol. The smallest absolute Gasteiger partial charge is 0.374 e. The Morgan fingerprint density at radius 3 is 3.09 bits per heavy atom. The first-order valence-corrected chi connectivity index (χ1v) is 7.87. The van der Waals surface area contributed by atoms with Crippen LogP contribution in [-0.2, 0) is 10.5 Å². The van der Waals surface area contributed by atoms with Gasteiger partial charge in [-0.3, -0.25) is 0 Å². The van der Waals surface area contributed by atoms with E-state index in [1.807, 2.05) is 12.1 Å². The fourth-order valence-electron chi connectivity index (χ4n) is 1.90. The number of nitrogens with zero attached hydrogens (tertiary/aromatic N) is 4. The summed E-state index contributed by atoms with van der Waals surface area (Å²) in [5, 5.41) is 12.8. The van der Waals surface area contributed by atoms with E-state index >= 15 is 0 Å². The highest BCUT2D eigenvalue weighted by molar-refractivity contribution is 7.98. The van der Waals surface area contributed by atoms with Gasteiger partial charge in [-0.25, -0.2) is 4.79 Å². The number of hydrogen-bond donors (Lipinski definition) is 0. The summed E-state index contributed by atoms with van der Waals surface area (Å²) in [6.45, 7) is 0. The normalized spacial score (nSPS) is 10.7. The van der Waals surface area contributed by atoms with Crippen molar-refractivity contribution in [2.75, 3.05) is 7.11 Å². The Morgan fingerprint density at radius 2 is 2.30 bits per heavy atom. The summed E-state index contributed by atoms with van der Waals surface area (Å²) in [6.07, 6.45) is 1.45. The van der Waals surface area contributed by atoms with Crippen LogP contribution >= 0.6 is 23.4 Å². The molecule has 0 unspecified atom stereocenters. The second-order valence-corrected chi connectivity index (χ2v) is 5.79. The van der Waals surface area contributed by atoms with Gasteiger partial charge in [-0.05, 0) is 34.7 Å². The molecule has 9 heteroatoms. The number of esters is 1. The average molecular weight is 351 g/mol. The van der Waals surface area contributed by atoms with Crippen molar-refractivity contribution in [1.29, 1.82) is 0 Å². The van der Waals surface area contributed by atoms with Crippen LogP contribution in [0.3, 0.4) is 0 Å². The fourth-order valence-corrected chi connectivity index (χ4v) is 2.96. The van der Waals surface area contributed by atoms with E-state index in [9.17, 15) is 4.79 Å². The quantitative estimate of drug-likeness (QED) is 0.516. The van der Waals surface area contributed by atoms with Crippen molar-refractivity contribution in [2.45, 2.75) is 10.9 Å². The molecule has 0 saturated heterocycles. The lowest BCUT2D eigenvalue weighted by atomic mass is 10.3. The molecule has 0 bridgehead atoms. The van der Waals surface area contributed by atoms with E-state index in [4.69, 9.17) is 16.0 Å². The van der Waals surface area contributed by atoms with E-state index in [-0.39, 0.29) is 5.76 Å². The van der Waals surface area contributed by atoms with Crippen LogP contribution in [-0.4, -0.2) is 33.3 Å². The SMILES string of the molecule is COC(=O)c1occc1CSc1nnnn1-c1cccc(Cl)c1. The topological polar surface area (TPSA) is 83.0 Å². The van der Waals surface area contributed by atoms with Gasteiger partial charge < -0.3 is 9.15 Å². The van der Waals surface area contributed by atoms with Crippen molar-refractivity contribution < 1.29 is 13.9 Å². The molecule has 3 aromatic rings. The van der Waals surface area contributed by atoms with Gasteiger partial charge >= 0.3 is 5.97 Å². The van der Waals surface area contributed by atoms with Crippen molar-refractivity contribution in [3.8, 4) is 5.69 Å². The number of halogens is 1. The van der Waals surface area contributed by atoms with Crippen molar-refractivity contribution in [3.05, 3.63) is 52.9 Å². The Balaban J connectivity index is 1.79. The van der Waals surface area contributed by atoms with E-state index < -0.39 is 5.97 Å². The van der Waals surface area contributed by atoms with Gasteiger partial charge in [0.15, 0.2) is 0 Å². The molecule has 1 aromatic carbocycles. The molecule has 118 valence electrons.